The first-order valence-electron chi connectivity index (χ1n) is 10.4. The highest BCUT2D eigenvalue weighted by Crippen LogP contribution is 2.29. The quantitative estimate of drug-likeness (QED) is 0.508. The van der Waals surface area contributed by atoms with Gasteiger partial charge in [-0.25, -0.2) is 9.37 Å². The highest BCUT2D eigenvalue weighted by Gasteiger charge is 2.29. The first-order valence-corrected chi connectivity index (χ1v) is 10.4. The van der Waals surface area contributed by atoms with Crippen molar-refractivity contribution in [2.24, 2.45) is 5.73 Å². The minimum atomic E-state index is -0.660. The second-order valence-corrected chi connectivity index (χ2v) is 7.79. The van der Waals surface area contributed by atoms with Crippen molar-refractivity contribution in [1.29, 1.82) is 0 Å². The zero-order valence-corrected chi connectivity index (χ0v) is 17.6. The molecule has 166 valence electrons. The van der Waals surface area contributed by atoms with Gasteiger partial charge in [0.25, 0.3) is 5.91 Å². The number of nitrogens with zero attached hydrogens (tertiary/aromatic N) is 4. The Morgan fingerprint density at radius 2 is 1.91 bits per heavy atom. The molecule has 2 aromatic heterocycles. The average Bonchev–Trinajstić information content (AvgIpc) is 3.47. The first kappa shape index (κ1) is 20.6. The van der Waals surface area contributed by atoms with E-state index < -0.39 is 11.7 Å². The van der Waals surface area contributed by atoms with Crippen LogP contribution in [0.15, 0.2) is 65.4 Å². The van der Waals surface area contributed by atoms with E-state index in [2.05, 4.69) is 10.1 Å². The van der Waals surface area contributed by atoms with E-state index in [1.54, 1.807) is 27.9 Å². The number of nitrogens with two attached hydrogens (primary N) is 1. The van der Waals surface area contributed by atoms with E-state index >= 15 is 0 Å². The van der Waals surface area contributed by atoms with Gasteiger partial charge in [-0.1, -0.05) is 24.3 Å². The van der Waals surface area contributed by atoms with Crippen molar-refractivity contribution in [3.63, 3.8) is 0 Å². The number of oxazole rings is 1. The molecule has 0 aliphatic carbocycles. The van der Waals surface area contributed by atoms with Crippen LogP contribution in [0.2, 0.25) is 0 Å². The SMILES string of the molecule is NC(=O)c1c(-c2cccc(F)c2)nn2c1CN(C(=O)Cc1ccc(-c3ncco3)cc1)CC2. The normalized spacial score (nSPS) is 13.1. The van der Waals surface area contributed by atoms with Crippen molar-refractivity contribution in [2.45, 2.75) is 19.5 Å². The van der Waals surface area contributed by atoms with Crippen LogP contribution >= 0.6 is 0 Å². The largest absolute Gasteiger partial charge is 0.445 e. The summed E-state index contributed by atoms with van der Waals surface area (Å²) in [5, 5.41) is 4.49. The summed E-state index contributed by atoms with van der Waals surface area (Å²) >= 11 is 0. The summed E-state index contributed by atoms with van der Waals surface area (Å²) in [4.78, 5) is 31.1. The lowest BCUT2D eigenvalue weighted by Gasteiger charge is -2.28. The lowest BCUT2D eigenvalue weighted by atomic mass is 10.0. The maximum absolute atomic E-state index is 13.7. The zero-order chi connectivity index (χ0) is 22.9. The molecule has 0 radical (unpaired) electrons. The summed E-state index contributed by atoms with van der Waals surface area (Å²) in [5.74, 6) is -0.647. The van der Waals surface area contributed by atoms with Crippen molar-refractivity contribution in [3.05, 3.63) is 83.6 Å². The molecule has 0 unspecified atom stereocenters. The van der Waals surface area contributed by atoms with Crippen LogP contribution in [0.5, 0.6) is 0 Å². The van der Waals surface area contributed by atoms with Gasteiger partial charge in [0.2, 0.25) is 11.8 Å². The molecule has 0 spiro atoms. The van der Waals surface area contributed by atoms with Crippen molar-refractivity contribution in [2.75, 3.05) is 6.54 Å². The number of fused-ring (bicyclic) bond motifs is 1. The van der Waals surface area contributed by atoms with Crippen molar-refractivity contribution >= 4 is 11.8 Å². The molecule has 0 fully saturated rings. The van der Waals surface area contributed by atoms with Gasteiger partial charge in [0.15, 0.2) is 0 Å². The second-order valence-electron chi connectivity index (χ2n) is 7.79. The fourth-order valence-electron chi connectivity index (χ4n) is 4.04. The lowest BCUT2D eigenvalue weighted by molar-refractivity contribution is -0.132. The van der Waals surface area contributed by atoms with E-state index in [0.29, 0.717) is 35.9 Å². The summed E-state index contributed by atoms with van der Waals surface area (Å²) in [6.07, 6.45) is 3.30. The van der Waals surface area contributed by atoms with E-state index in [9.17, 15) is 14.0 Å². The zero-order valence-electron chi connectivity index (χ0n) is 17.6. The first-order chi connectivity index (χ1) is 16.0. The summed E-state index contributed by atoms with van der Waals surface area (Å²) in [7, 11) is 0. The van der Waals surface area contributed by atoms with Gasteiger partial charge in [-0.05, 0) is 29.8 Å². The molecule has 0 saturated carbocycles. The Balaban J connectivity index is 1.36. The van der Waals surface area contributed by atoms with E-state index in [-0.39, 0.29) is 24.4 Å². The molecule has 2 amide bonds. The van der Waals surface area contributed by atoms with Gasteiger partial charge in [0.05, 0.1) is 37.0 Å². The van der Waals surface area contributed by atoms with Crippen LogP contribution in [0.4, 0.5) is 4.39 Å². The van der Waals surface area contributed by atoms with Crippen LogP contribution in [0, 0.1) is 5.82 Å². The van der Waals surface area contributed by atoms with E-state index in [0.717, 1.165) is 11.1 Å². The molecule has 2 N–H and O–H groups in total. The molecular weight excluding hydrogens is 425 g/mol. The molecule has 3 heterocycles. The summed E-state index contributed by atoms with van der Waals surface area (Å²) < 4.78 is 20.7. The molecule has 1 aliphatic rings. The van der Waals surface area contributed by atoms with Crippen LogP contribution in [-0.2, 0) is 24.3 Å². The van der Waals surface area contributed by atoms with Crippen LogP contribution in [-0.4, -0.2) is 38.0 Å². The minimum Gasteiger partial charge on any atom is -0.445 e. The Hall–Kier alpha value is -4.27. The van der Waals surface area contributed by atoms with Gasteiger partial charge in [0.1, 0.15) is 17.8 Å². The van der Waals surface area contributed by atoms with Gasteiger partial charge in [-0.3, -0.25) is 14.3 Å². The number of carbonyl (C=O) groups excluding carboxylic acids is 2. The molecule has 0 saturated heterocycles. The van der Waals surface area contributed by atoms with E-state index in [1.807, 2.05) is 24.3 Å². The Labute approximate surface area is 188 Å². The van der Waals surface area contributed by atoms with Gasteiger partial charge in [-0.2, -0.15) is 5.10 Å². The summed E-state index contributed by atoms with van der Waals surface area (Å²) in [6, 6.07) is 13.3. The number of aromatic nitrogens is 3. The number of carbonyl (C=O) groups is 2. The minimum absolute atomic E-state index is 0.0750. The third kappa shape index (κ3) is 4.00. The third-order valence-electron chi connectivity index (χ3n) is 5.67. The molecular formula is C24H20FN5O3. The molecule has 5 rings (SSSR count). The molecule has 0 atom stereocenters. The van der Waals surface area contributed by atoms with E-state index in [1.165, 1.54) is 18.4 Å². The number of halogens is 1. The van der Waals surface area contributed by atoms with Gasteiger partial charge in [-0.15, -0.1) is 0 Å². The fourth-order valence-corrected chi connectivity index (χ4v) is 4.04. The molecule has 0 bridgehead atoms. The molecule has 2 aromatic carbocycles. The average molecular weight is 445 g/mol. The Morgan fingerprint density at radius 3 is 2.61 bits per heavy atom. The molecule has 1 aliphatic heterocycles. The highest BCUT2D eigenvalue weighted by molar-refractivity contribution is 6.00. The highest BCUT2D eigenvalue weighted by atomic mass is 19.1. The van der Waals surface area contributed by atoms with Crippen LogP contribution in [0.1, 0.15) is 21.6 Å². The van der Waals surface area contributed by atoms with E-state index in [4.69, 9.17) is 10.2 Å². The van der Waals surface area contributed by atoms with Crippen LogP contribution in [0.25, 0.3) is 22.7 Å². The van der Waals surface area contributed by atoms with Gasteiger partial charge in [0, 0.05) is 17.7 Å². The number of primary amides is 1. The molecule has 8 nitrogen and oxygen atoms in total. The topological polar surface area (TPSA) is 107 Å². The molecule has 4 aromatic rings. The smallest absolute Gasteiger partial charge is 0.252 e. The van der Waals surface area contributed by atoms with Gasteiger partial charge >= 0.3 is 0 Å². The summed E-state index contributed by atoms with van der Waals surface area (Å²) in [6.45, 7) is 1.07. The Morgan fingerprint density at radius 1 is 1.09 bits per heavy atom. The van der Waals surface area contributed by atoms with Gasteiger partial charge < -0.3 is 15.1 Å². The monoisotopic (exact) mass is 445 g/mol. The van der Waals surface area contributed by atoms with Crippen molar-refractivity contribution in [1.82, 2.24) is 19.7 Å². The van der Waals surface area contributed by atoms with Crippen LogP contribution < -0.4 is 5.73 Å². The molecule has 33 heavy (non-hydrogen) atoms. The number of amides is 2. The maximum Gasteiger partial charge on any atom is 0.252 e. The number of hydrogen-bond acceptors (Lipinski definition) is 5. The Bertz CT molecular complexity index is 1330. The predicted molar refractivity (Wildman–Crippen MR) is 117 cm³/mol. The fraction of sp³-hybridized carbons (Fsp3) is 0.167. The number of hydrogen-bond donors (Lipinski definition) is 1. The summed E-state index contributed by atoms with van der Waals surface area (Å²) in [5.41, 5.74) is 8.90. The van der Waals surface area contributed by atoms with Crippen molar-refractivity contribution < 1.29 is 18.4 Å². The van der Waals surface area contributed by atoms with Crippen LogP contribution in [0.3, 0.4) is 0 Å². The molecule has 9 heteroatoms. The van der Waals surface area contributed by atoms with Crippen molar-refractivity contribution in [3.8, 4) is 22.7 Å². The maximum atomic E-state index is 13.7. The standard InChI is InChI=1S/C24H20FN5O3/c25-18-3-1-2-17(13-18)22-21(23(26)32)19-14-29(9-10-30(19)28-22)20(31)12-15-4-6-16(7-5-15)24-27-8-11-33-24/h1-8,11,13H,9-10,12,14H2,(H2,26,32). The number of benzene rings is 2. The number of rotatable bonds is 5. The lowest BCUT2D eigenvalue weighted by Crippen LogP contribution is -2.40. The third-order valence-corrected chi connectivity index (χ3v) is 5.67. The predicted octanol–water partition coefficient (Wildman–Crippen LogP) is 3.03. The second kappa shape index (κ2) is 8.34. The Kier molecular flexibility index (Phi) is 5.21.